The van der Waals surface area contributed by atoms with Gasteiger partial charge in [0.15, 0.2) is 0 Å². The topological polar surface area (TPSA) is 61.8 Å². The Labute approximate surface area is 157 Å². The first-order chi connectivity index (χ1) is 12.0. The molecule has 0 aromatic carbocycles. The lowest BCUT2D eigenvalue weighted by molar-refractivity contribution is -0.138. The van der Waals surface area contributed by atoms with E-state index in [9.17, 15) is 9.36 Å². The third kappa shape index (κ3) is 12.2. The Morgan fingerprint density at radius 2 is 1.68 bits per heavy atom. The predicted octanol–water partition coefficient (Wildman–Crippen LogP) is 4.93. The Morgan fingerprint density at radius 3 is 2.24 bits per heavy atom. The Kier molecular flexibility index (Phi) is 15.0. The largest absolute Gasteiger partial charge is 0.463 e. The fourth-order valence-electron chi connectivity index (χ4n) is 1.95. The maximum Gasteiger partial charge on any atom is 0.334 e. The first kappa shape index (κ1) is 24.2. The van der Waals surface area contributed by atoms with E-state index >= 15 is 0 Å². The van der Waals surface area contributed by atoms with Gasteiger partial charge in [-0.2, -0.15) is 0 Å². The van der Waals surface area contributed by atoms with Crippen molar-refractivity contribution in [1.29, 1.82) is 0 Å². The molecule has 0 aliphatic carbocycles. The fourth-order valence-corrected chi connectivity index (χ4v) is 3.66. The minimum absolute atomic E-state index is 0.0476. The van der Waals surface area contributed by atoms with Gasteiger partial charge in [0.2, 0.25) is 0 Å². The molecule has 0 unspecified atom stereocenters. The van der Waals surface area contributed by atoms with Crippen molar-refractivity contribution in [3.8, 4) is 11.8 Å². The molecule has 5 nitrogen and oxygen atoms in total. The second-order valence-corrected chi connectivity index (χ2v) is 7.56. The number of hydrogen-bond donors (Lipinski definition) is 0. The quantitative estimate of drug-likeness (QED) is 0.111. The third-order valence-electron chi connectivity index (χ3n) is 3.08. The van der Waals surface area contributed by atoms with Crippen molar-refractivity contribution in [2.75, 3.05) is 31.9 Å². The molecule has 0 bridgehead atoms. The van der Waals surface area contributed by atoms with Crippen LogP contribution in [-0.4, -0.2) is 37.8 Å². The van der Waals surface area contributed by atoms with Gasteiger partial charge >= 0.3 is 13.6 Å². The number of rotatable bonds is 13. The summed E-state index contributed by atoms with van der Waals surface area (Å²) < 4.78 is 28.0. The number of carbonyl (C=O) groups excluding carboxylic acids is 1. The second kappa shape index (κ2) is 15.5. The van der Waals surface area contributed by atoms with Crippen LogP contribution in [0.15, 0.2) is 11.6 Å². The van der Waals surface area contributed by atoms with Gasteiger partial charge in [-0.3, -0.25) is 4.57 Å². The second-order valence-electron chi connectivity index (χ2n) is 5.08. The molecule has 0 saturated carbocycles. The molecular weight excluding hydrogens is 363 g/mol. The van der Waals surface area contributed by atoms with Gasteiger partial charge in [0, 0.05) is 24.3 Å². The van der Waals surface area contributed by atoms with E-state index in [1.165, 1.54) is 0 Å². The molecule has 0 aliphatic heterocycles. The predicted molar refractivity (Wildman–Crippen MR) is 102 cm³/mol. The Balaban J connectivity index is 4.80. The number of ether oxygens (including phenoxy) is 1. The van der Waals surface area contributed by atoms with E-state index in [0.717, 1.165) is 19.3 Å². The van der Waals surface area contributed by atoms with Crippen molar-refractivity contribution in [3.63, 3.8) is 0 Å². The summed E-state index contributed by atoms with van der Waals surface area (Å²) in [5.41, 5.74) is 0.455. The normalized spacial score (nSPS) is 11.8. The van der Waals surface area contributed by atoms with Gasteiger partial charge < -0.3 is 13.8 Å². The van der Waals surface area contributed by atoms with E-state index in [2.05, 4.69) is 11.8 Å². The van der Waals surface area contributed by atoms with Crippen molar-refractivity contribution in [2.24, 2.45) is 0 Å². The average Bonchev–Trinajstić information content (AvgIpc) is 2.57. The summed E-state index contributed by atoms with van der Waals surface area (Å²) in [6.45, 7) is 6.11. The van der Waals surface area contributed by atoms with Crippen LogP contribution in [0.3, 0.4) is 0 Å². The van der Waals surface area contributed by atoms with Gasteiger partial charge in [-0.15, -0.1) is 23.4 Å². The highest BCUT2D eigenvalue weighted by atomic mass is 35.5. The van der Waals surface area contributed by atoms with E-state index in [-0.39, 0.29) is 26.0 Å². The van der Waals surface area contributed by atoms with Gasteiger partial charge in [-0.25, -0.2) is 4.79 Å². The van der Waals surface area contributed by atoms with E-state index < -0.39 is 13.6 Å². The Hall–Kier alpha value is -0.790. The monoisotopic (exact) mass is 392 g/mol. The number of alkyl halides is 1. The molecule has 0 spiro atoms. The summed E-state index contributed by atoms with van der Waals surface area (Å²) in [5, 5.41) is 0. The molecule has 0 atom stereocenters. The molecule has 0 aromatic rings. The van der Waals surface area contributed by atoms with Gasteiger partial charge in [-0.1, -0.05) is 6.08 Å². The number of allylic oxidation sites excluding steroid dienone is 1. The summed E-state index contributed by atoms with van der Waals surface area (Å²) in [6.07, 6.45) is 5.36. The molecule has 144 valence electrons. The maximum absolute atomic E-state index is 12.5. The van der Waals surface area contributed by atoms with Crippen LogP contribution in [0.4, 0.5) is 0 Å². The number of unbranched alkanes of at least 4 members (excludes halogenated alkanes) is 2. The van der Waals surface area contributed by atoms with E-state index in [1.54, 1.807) is 26.8 Å². The molecule has 0 amide bonds. The number of esters is 1. The molecule has 7 heteroatoms. The maximum atomic E-state index is 12.5. The van der Waals surface area contributed by atoms with Crippen molar-refractivity contribution in [1.82, 2.24) is 0 Å². The first-order valence-electron chi connectivity index (χ1n) is 8.78. The van der Waals surface area contributed by atoms with Crippen LogP contribution in [-0.2, 0) is 23.1 Å². The molecule has 0 rings (SSSR count). The SMILES string of the molecule is CCOC(=O)/C(=C\CP(=O)(OCC)OCC)CCC#CCCCCCl. The van der Waals surface area contributed by atoms with Crippen molar-refractivity contribution in [3.05, 3.63) is 11.6 Å². The highest BCUT2D eigenvalue weighted by molar-refractivity contribution is 7.54. The van der Waals surface area contributed by atoms with E-state index in [1.807, 2.05) is 0 Å². The standard InChI is InChI=1S/C18H30ClO5P/c1-4-22-18(20)17(13-11-9-7-8-10-12-15-19)14-16-25(21,23-5-2)24-6-3/h14H,4-6,8,10-13,15-16H2,1-3H3/b17-14-. The summed E-state index contributed by atoms with van der Waals surface area (Å²) >= 11 is 5.61. The van der Waals surface area contributed by atoms with Crippen LogP contribution in [0.5, 0.6) is 0 Å². The summed E-state index contributed by atoms with van der Waals surface area (Å²) in [5.74, 6) is 6.35. The van der Waals surface area contributed by atoms with Crippen LogP contribution < -0.4 is 0 Å². The average molecular weight is 393 g/mol. The molecule has 0 aliphatic rings. The number of hydrogen-bond acceptors (Lipinski definition) is 5. The zero-order valence-corrected chi connectivity index (χ0v) is 17.2. The molecule has 0 N–H and O–H groups in total. The van der Waals surface area contributed by atoms with Crippen molar-refractivity contribution in [2.45, 2.75) is 52.9 Å². The first-order valence-corrected chi connectivity index (χ1v) is 11.0. The smallest absolute Gasteiger partial charge is 0.334 e. The van der Waals surface area contributed by atoms with Gasteiger partial charge in [0.05, 0.1) is 26.0 Å². The van der Waals surface area contributed by atoms with Crippen LogP contribution in [0.1, 0.15) is 52.9 Å². The van der Waals surface area contributed by atoms with Gasteiger partial charge in [-0.05, 0) is 40.0 Å². The van der Waals surface area contributed by atoms with Crippen LogP contribution in [0.25, 0.3) is 0 Å². The summed E-state index contributed by atoms with van der Waals surface area (Å²) in [6, 6.07) is 0. The number of carbonyl (C=O) groups is 1. The molecule has 0 heterocycles. The summed E-state index contributed by atoms with van der Waals surface area (Å²) in [4.78, 5) is 12.1. The van der Waals surface area contributed by atoms with Crippen molar-refractivity contribution < 1.29 is 23.1 Å². The lowest BCUT2D eigenvalue weighted by atomic mass is 10.1. The summed E-state index contributed by atoms with van der Waals surface area (Å²) in [7, 11) is -3.22. The Morgan fingerprint density at radius 1 is 1.04 bits per heavy atom. The highest BCUT2D eigenvalue weighted by Gasteiger charge is 2.23. The zero-order valence-electron chi connectivity index (χ0n) is 15.5. The molecule has 0 saturated heterocycles. The van der Waals surface area contributed by atoms with E-state index in [4.69, 9.17) is 25.4 Å². The minimum atomic E-state index is -3.22. The fraction of sp³-hybridized carbons (Fsp3) is 0.722. The molecule has 25 heavy (non-hydrogen) atoms. The minimum Gasteiger partial charge on any atom is -0.463 e. The number of halogens is 1. The van der Waals surface area contributed by atoms with Gasteiger partial charge in [0.1, 0.15) is 0 Å². The van der Waals surface area contributed by atoms with Crippen LogP contribution in [0.2, 0.25) is 0 Å². The highest BCUT2D eigenvalue weighted by Crippen LogP contribution is 2.48. The molecule has 0 radical (unpaired) electrons. The zero-order chi connectivity index (χ0) is 19.0. The Bertz CT molecular complexity index is 497. The van der Waals surface area contributed by atoms with Crippen LogP contribution in [0, 0.1) is 11.8 Å². The molecular formula is C18H30ClO5P. The molecule has 0 fully saturated rings. The lowest BCUT2D eigenvalue weighted by Crippen LogP contribution is -2.09. The van der Waals surface area contributed by atoms with Gasteiger partial charge in [0.25, 0.3) is 0 Å². The lowest BCUT2D eigenvalue weighted by Gasteiger charge is -2.15. The van der Waals surface area contributed by atoms with Crippen molar-refractivity contribution >= 4 is 25.2 Å². The third-order valence-corrected chi connectivity index (χ3v) is 5.28. The molecule has 0 aromatic heterocycles. The van der Waals surface area contributed by atoms with E-state index in [0.29, 0.717) is 24.3 Å². The van der Waals surface area contributed by atoms with Crippen LogP contribution >= 0.6 is 19.2 Å².